The van der Waals surface area contributed by atoms with Crippen LogP contribution >= 0.6 is 0 Å². The van der Waals surface area contributed by atoms with Crippen LogP contribution in [0.5, 0.6) is 23.0 Å². The second kappa shape index (κ2) is 7.22. The Morgan fingerprint density at radius 2 is 1.46 bits per heavy atom. The first-order valence-corrected chi connectivity index (χ1v) is 7.50. The van der Waals surface area contributed by atoms with Gasteiger partial charge >= 0.3 is 0 Å². The van der Waals surface area contributed by atoms with Gasteiger partial charge in [-0.1, -0.05) is 50.1 Å². The van der Waals surface area contributed by atoms with Crippen molar-refractivity contribution in [3.05, 3.63) is 83.7 Å². The van der Waals surface area contributed by atoms with Gasteiger partial charge < -0.3 is 9.47 Å². The molecule has 24 heavy (non-hydrogen) atoms. The third-order valence-electron chi connectivity index (χ3n) is 3.23. The normalized spacial score (nSPS) is 15.9. The monoisotopic (exact) mass is 327 g/mol. The van der Waals surface area contributed by atoms with Crippen molar-refractivity contribution in [3.63, 3.8) is 0 Å². The zero-order valence-corrected chi connectivity index (χ0v) is 13.6. The molecule has 0 fully saturated rings. The summed E-state index contributed by atoms with van der Waals surface area (Å²) in [5.41, 5.74) is 0.700. The van der Waals surface area contributed by atoms with Gasteiger partial charge in [0, 0.05) is 5.56 Å². The number of benzene rings is 3. The van der Waals surface area contributed by atoms with Crippen molar-refractivity contribution in [1.29, 1.82) is 0 Å². The number of hydrogen-bond donors (Lipinski definition) is 0. The summed E-state index contributed by atoms with van der Waals surface area (Å²) in [6, 6.07) is 1.10. The molecule has 3 aromatic rings. The zero-order chi connectivity index (χ0) is 24.8. The lowest BCUT2D eigenvalue weighted by molar-refractivity contribution is 0.444. The maximum Gasteiger partial charge on any atom is 0.134 e. The molecule has 2 nitrogen and oxygen atoms in total. The van der Waals surface area contributed by atoms with Crippen molar-refractivity contribution in [2.75, 3.05) is 0 Å². The number of hydrogen-bond acceptors (Lipinski definition) is 2. The lowest BCUT2D eigenvalue weighted by atomic mass is 10.0. The molecular weight excluding hydrogens is 296 g/mol. The Labute approximate surface area is 156 Å². The second-order valence-electron chi connectivity index (χ2n) is 5.44. The molecule has 0 atom stereocenters. The maximum absolute atomic E-state index is 8.27. The van der Waals surface area contributed by atoms with E-state index in [1.807, 2.05) is 13.8 Å². The topological polar surface area (TPSA) is 18.5 Å². The van der Waals surface area contributed by atoms with E-state index >= 15 is 0 Å². The highest BCUT2D eigenvalue weighted by atomic mass is 16.5. The Morgan fingerprint density at radius 3 is 2.12 bits per heavy atom. The Balaban J connectivity index is 2.16. The van der Waals surface area contributed by atoms with Crippen molar-refractivity contribution >= 4 is 0 Å². The van der Waals surface area contributed by atoms with Gasteiger partial charge in [-0.15, -0.1) is 0 Å². The fourth-order valence-corrected chi connectivity index (χ4v) is 2.25. The largest absolute Gasteiger partial charge is 0.457 e. The smallest absolute Gasteiger partial charge is 0.134 e. The summed E-state index contributed by atoms with van der Waals surface area (Å²) in [6.45, 7) is 5.19. The van der Waals surface area contributed by atoms with Crippen LogP contribution in [0.1, 0.15) is 43.2 Å². The first kappa shape index (κ1) is 8.39. The molecule has 0 heterocycles. The van der Waals surface area contributed by atoms with Gasteiger partial charge in [-0.3, -0.25) is 0 Å². The predicted octanol–water partition coefficient (Wildman–Crippen LogP) is 6.70. The number of rotatable bonds is 5. The molecule has 2 heteroatoms. The number of para-hydroxylation sites is 1. The van der Waals surface area contributed by atoms with Crippen molar-refractivity contribution in [1.82, 2.24) is 0 Å². The maximum atomic E-state index is 8.27. The molecule has 0 radical (unpaired) electrons. The Bertz CT molecular complexity index is 1110. The van der Waals surface area contributed by atoms with Gasteiger partial charge in [-0.25, -0.2) is 0 Å². The molecule has 0 aromatic heterocycles. The molecule has 0 bridgehead atoms. The summed E-state index contributed by atoms with van der Waals surface area (Å²) in [7, 11) is 0. The molecule has 3 rings (SSSR count). The van der Waals surface area contributed by atoms with Crippen LogP contribution in [0, 0.1) is 6.92 Å². The van der Waals surface area contributed by atoms with Gasteiger partial charge in [-0.05, 0) is 54.7 Å². The van der Waals surface area contributed by atoms with Crippen LogP contribution < -0.4 is 9.47 Å². The van der Waals surface area contributed by atoms with Crippen LogP contribution in [0.4, 0.5) is 0 Å². The van der Waals surface area contributed by atoms with E-state index in [-0.39, 0.29) is 58.6 Å². The van der Waals surface area contributed by atoms with Crippen LogP contribution in [-0.4, -0.2) is 0 Å². The van der Waals surface area contributed by atoms with Crippen molar-refractivity contribution in [2.24, 2.45) is 0 Å². The highest BCUT2D eigenvalue weighted by molar-refractivity contribution is 5.50. The summed E-state index contributed by atoms with van der Waals surface area (Å²) in [4.78, 5) is 0. The van der Waals surface area contributed by atoms with Gasteiger partial charge in [0.25, 0.3) is 0 Å². The van der Waals surface area contributed by atoms with Crippen LogP contribution in [0.15, 0.2) is 72.6 Å². The van der Waals surface area contributed by atoms with Gasteiger partial charge in [-0.2, -0.15) is 0 Å². The molecule has 0 aliphatic rings. The average molecular weight is 327 g/mol. The van der Waals surface area contributed by atoms with E-state index in [2.05, 4.69) is 0 Å². The number of ether oxygens (including phenoxy) is 2. The molecule has 0 aliphatic carbocycles. The molecular formula is C22H22O2. The van der Waals surface area contributed by atoms with Gasteiger partial charge in [0.2, 0.25) is 0 Å². The minimum atomic E-state index is -0.524. The molecule has 0 saturated heterocycles. The van der Waals surface area contributed by atoms with Crippen molar-refractivity contribution in [3.8, 4) is 23.0 Å². The summed E-state index contributed by atoms with van der Waals surface area (Å²) >= 11 is 0. The molecule has 0 N–H and O–H groups in total. The Morgan fingerprint density at radius 1 is 0.833 bits per heavy atom. The first-order valence-electron chi connectivity index (χ1n) is 12.0. The van der Waals surface area contributed by atoms with E-state index in [1.165, 1.54) is 6.92 Å². The predicted molar refractivity (Wildman–Crippen MR) is 98.3 cm³/mol. The Hall–Kier alpha value is -2.74. The van der Waals surface area contributed by atoms with Crippen LogP contribution in [0.2, 0.25) is 0 Å². The fourth-order valence-electron chi connectivity index (χ4n) is 2.25. The van der Waals surface area contributed by atoms with E-state index in [1.54, 1.807) is 18.2 Å². The summed E-state index contributed by atoms with van der Waals surface area (Å²) < 4.78 is 83.6. The van der Waals surface area contributed by atoms with Crippen LogP contribution in [0.25, 0.3) is 0 Å². The SMILES string of the molecule is [2H]c1c([2H])c([2H])c(Oc2cccc(Oc3c([2H])c([2H])c([2H])c(C)c3[2H])c2C(C)C)c([2H])c1[2H]. The third-order valence-corrected chi connectivity index (χ3v) is 3.23. The lowest BCUT2D eigenvalue weighted by Gasteiger charge is -2.18. The summed E-state index contributed by atoms with van der Waals surface area (Å²) in [6.07, 6.45) is 0. The molecule has 0 saturated carbocycles. The third kappa shape index (κ3) is 3.77. The molecule has 122 valence electrons. The standard InChI is InChI=1S/C22H22O2/c1-16(2)22-20(23-18-10-5-4-6-11-18)13-8-14-21(22)24-19-12-7-9-17(3)15-19/h4-16H,1-3H3/i4D,5D,6D,7D,9D,10D,11D,12D,15D. The van der Waals surface area contributed by atoms with Crippen LogP contribution in [0.3, 0.4) is 0 Å². The van der Waals surface area contributed by atoms with Gasteiger partial charge in [0.15, 0.2) is 0 Å². The van der Waals surface area contributed by atoms with Crippen molar-refractivity contribution < 1.29 is 21.8 Å². The highest BCUT2D eigenvalue weighted by Gasteiger charge is 2.16. The molecule has 0 amide bonds. The Kier molecular flexibility index (Phi) is 2.52. The zero-order valence-electron chi connectivity index (χ0n) is 22.6. The minimum absolute atomic E-state index is 0.171. The lowest BCUT2D eigenvalue weighted by Crippen LogP contribution is -1.98. The average Bonchev–Trinajstić information content (AvgIpc) is 2.79. The van der Waals surface area contributed by atoms with Crippen LogP contribution in [-0.2, 0) is 0 Å². The van der Waals surface area contributed by atoms with E-state index in [4.69, 9.17) is 21.8 Å². The van der Waals surface area contributed by atoms with Crippen molar-refractivity contribution in [2.45, 2.75) is 26.7 Å². The molecule has 0 aliphatic heterocycles. The quantitative estimate of drug-likeness (QED) is 0.519. The van der Waals surface area contributed by atoms with E-state index in [0.717, 1.165) is 0 Å². The van der Waals surface area contributed by atoms with E-state index < -0.39 is 30.2 Å². The van der Waals surface area contributed by atoms with Gasteiger partial charge in [0.05, 0.1) is 12.3 Å². The van der Waals surface area contributed by atoms with E-state index in [9.17, 15) is 0 Å². The van der Waals surface area contributed by atoms with Gasteiger partial charge in [0.1, 0.15) is 23.0 Å². The summed E-state index contributed by atoms with van der Waals surface area (Å²) in [5, 5.41) is 0. The summed E-state index contributed by atoms with van der Waals surface area (Å²) in [5.74, 6) is -0.288. The highest BCUT2D eigenvalue weighted by Crippen LogP contribution is 2.39. The van der Waals surface area contributed by atoms with E-state index in [0.29, 0.717) is 5.56 Å². The molecule has 0 unspecified atom stereocenters. The molecule has 3 aromatic carbocycles. The first-order chi connectivity index (χ1) is 15.4. The second-order valence-corrected chi connectivity index (χ2v) is 5.44. The minimum Gasteiger partial charge on any atom is -0.457 e. The molecule has 0 spiro atoms. The fraction of sp³-hybridized carbons (Fsp3) is 0.182.